The molecule has 0 atom stereocenters. The van der Waals surface area contributed by atoms with E-state index >= 15 is 0 Å². The summed E-state index contributed by atoms with van der Waals surface area (Å²) >= 11 is 0. The molecule has 1 heterocycles. The second-order valence-electron chi connectivity index (χ2n) is 7.28. The van der Waals surface area contributed by atoms with Crippen LogP contribution < -0.4 is 15.1 Å². The molecule has 10 nitrogen and oxygen atoms in total. The van der Waals surface area contributed by atoms with Gasteiger partial charge in [-0.15, -0.1) is 0 Å². The fraction of sp³-hybridized carbons (Fsp3) is 0.450. The second-order valence-corrected chi connectivity index (χ2v) is 7.28. The molecule has 0 bridgehead atoms. The molecule has 0 aliphatic heterocycles. The lowest BCUT2D eigenvalue weighted by atomic mass is 10.2. The third-order valence-corrected chi connectivity index (χ3v) is 3.55. The molecule has 10 heteroatoms. The van der Waals surface area contributed by atoms with E-state index in [1.54, 1.807) is 52.0 Å². The van der Waals surface area contributed by atoms with E-state index in [1.807, 2.05) is 0 Å². The number of hydrogen-bond donors (Lipinski definition) is 1. The van der Waals surface area contributed by atoms with Crippen LogP contribution in [0.25, 0.3) is 5.69 Å². The van der Waals surface area contributed by atoms with E-state index in [2.05, 4.69) is 15.6 Å². The average Bonchev–Trinajstić information content (AvgIpc) is 3.12. The largest absolute Gasteiger partial charge is 0.846 e. The maximum Gasteiger partial charge on any atom is 0.338 e. The van der Waals surface area contributed by atoms with Gasteiger partial charge in [0.1, 0.15) is 5.60 Å². The quantitative estimate of drug-likeness (QED) is 0.224. The number of ether oxygens (including phenoxy) is 2. The first-order chi connectivity index (χ1) is 14.2. The van der Waals surface area contributed by atoms with E-state index in [-0.39, 0.29) is 24.8 Å². The minimum Gasteiger partial charge on any atom is -0.846 e. The van der Waals surface area contributed by atoms with Gasteiger partial charge in [-0.05, 0) is 50.9 Å². The summed E-state index contributed by atoms with van der Waals surface area (Å²) in [6, 6.07) is 5.93. The van der Waals surface area contributed by atoms with Crippen molar-refractivity contribution in [1.82, 2.24) is 5.27 Å². The van der Waals surface area contributed by atoms with Gasteiger partial charge in [-0.1, -0.05) is 0 Å². The van der Waals surface area contributed by atoms with Gasteiger partial charge in [0.25, 0.3) is 6.20 Å². The molecule has 0 saturated carbocycles. The van der Waals surface area contributed by atoms with E-state index in [0.29, 0.717) is 24.3 Å². The minimum absolute atomic E-state index is 0.102. The van der Waals surface area contributed by atoms with Crippen LogP contribution in [0.15, 0.2) is 40.0 Å². The summed E-state index contributed by atoms with van der Waals surface area (Å²) in [5.74, 6) is -0.635. The number of benzene rings is 1. The van der Waals surface area contributed by atoms with Gasteiger partial charge in [0.15, 0.2) is 0 Å². The maximum atomic E-state index is 11.9. The average molecular weight is 418 g/mol. The number of rotatable bonds is 8. The molecule has 1 aromatic heterocycles. The van der Waals surface area contributed by atoms with E-state index in [0.717, 1.165) is 0 Å². The highest BCUT2D eigenvalue weighted by Crippen LogP contribution is 2.10. The Morgan fingerprint density at radius 2 is 1.97 bits per heavy atom. The molecule has 0 amide bonds. The Labute approximate surface area is 174 Å². The van der Waals surface area contributed by atoms with Gasteiger partial charge in [-0.2, -0.15) is 0 Å². The van der Waals surface area contributed by atoms with Gasteiger partial charge < -0.3 is 19.9 Å². The van der Waals surface area contributed by atoms with Crippen LogP contribution in [0.3, 0.4) is 0 Å². The number of hydrogen-bond acceptors (Lipinski definition) is 8. The smallest absolute Gasteiger partial charge is 0.338 e. The number of anilines is 1. The van der Waals surface area contributed by atoms with Crippen molar-refractivity contribution >= 4 is 23.8 Å². The van der Waals surface area contributed by atoms with Gasteiger partial charge in [0.2, 0.25) is 11.0 Å². The molecule has 0 aliphatic rings. The SMILES string of the molecule is CCOC(=O)c1ccc(-[n+]2cc(NC([O-])=NCCCC(=O)OC(C)(C)C)on2)cc1. The Balaban J connectivity index is 1.85. The zero-order valence-electron chi connectivity index (χ0n) is 17.5. The highest BCUT2D eigenvalue weighted by Gasteiger charge is 2.17. The van der Waals surface area contributed by atoms with Crippen LogP contribution in [0.1, 0.15) is 50.9 Å². The molecule has 0 radical (unpaired) electrons. The monoisotopic (exact) mass is 418 g/mol. The summed E-state index contributed by atoms with van der Waals surface area (Å²) in [4.78, 5) is 27.1. The number of amidine groups is 1. The lowest BCUT2D eigenvalue weighted by Gasteiger charge is -2.19. The summed E-state index contributed by atoms with van der Waals surface area (Å²) in [5.41, 5.74) is 0.511. The van der Waals surface area contributed by atoms with Crippen LogP contribution in [0.4, 0.5) is 5.88 Å². The Morgan fingerprint density at radius 1 is 1.27 bits per heavy atom. The van der Waals surface area contributed by atoms with E-state index < -0.39 is 17.6 Å². The van der Waals surface area contributed by atoms with Crippen LogP contribution in [0.5, 0.6) is 0 Å². The van der Waals surface area contributed by atoms with Gasteiger partial charge in [-0.3, -0.25) is 14.3 Å². The first-order valence-corrected chi connectivity index (χ1v) is 9.54. The van der Waals surface area contributed by atoms with E-state index in [1.165, 1.54) is 10.9 Å². The van der Waals surface area contributed by atoms with Crippen LogP contribution in [-0.2, 0) is 14.3 Å². The van der Waals surface area contributed by atoms with Crippen LogP contribution in [0, 0.1) is 0 Å². The summed E-state index contributed by atoms with van der Waals surface area (Å²) in [6.45, 7) is 7.59. The Morgan fingerprint density at radius 3 is 2.60 bits per heavy atom. The van der Waals surface area contributed by atoms with Crippen molar-refractivity contribution in [2.75, 3.05) is 18.5 Å². The highest BCUT2D eigenvalue weighted by atomic mass is 16.6. The molecule has 0 unspecified atom stereocenters. The molecule has 2 rings (SSSR count). The maximum absolute atomic E-state index is 11.9. The van der Waals surface area contributed by atoms with Crippen molar-refractivity contribution in [3.8, 4) is 5.69 Å². The van der Waals surface area contributed by atoms with Crippen LogP contribution >= 0.6 is 0 Å². The Hall–Kier alpha value is -3.43. The molecular weight excluding hydrogens is 392 g/mol. The van der Waals surface area contributed by atoms with Crippen LogP contribution in [-0.4, -0.2) is 42.0 Å². The predicted octanol–water partition coefficient (Wildman–Crippen LogP) is 1.38. The van der Waals surface area contributed by atoms with Gasteiger partial charge in [-0.25, -0.2) is 4.79 Å². The van der Waals surface area contributed by atoms with Crippen molar-refractivity contribution in [3.63, 3.8) is 0 Å². The standard InChI is InChI=1S/C20H26N4O6/c1-5-28-18(26)14-8-10-15(11-9-14)24-13-16(30-23-24)22-19(27)21-12-6-7-17(25)29-20(2,3)4/h8-11,13H,5-7,12H2,1-4H3,(H-,21,22,23,27). The zero-order valence-corrected chi connectivity index (χ0v) is 17.5. The van der Waals surface area contributed by atoms with Crippen molar-refractivity contribution in [3.05, 3.63) is 36.0 Å². The molecule has 2 aromatic rings. The van der Waals surface area contributed by atoms with Crippen molar-refractivity contribution in [1.29, 1.82) is 0 Å². The number of nitrogens with zero attached hydrogens (tertiary/aromatic N) is 3. The minimum atomic E-state index is -0.611. The Bertz CT molecular complexity index is 883. The summed E-state index contributed by atoms with van der Waals surface area (Å²) in [6.07, 6.45) is 2.04. The number of carbonyl (C=O) groups excluding carboxylic acids is 2. The topological polar surface area (TPSA) is 130 Å². The molecule has 0 saturated heterocycles. The molecule has 30 heavy (non-hydrogen) atoms. The second kappa shape index (κ2) is 10.4. The highest BCUT2D eigenvalue weighted by molar-refractivity contribution is 5.89. The number of esters is 2. The fourth-order valence-corrected chi connectivity index (χ4v) is 2.33. The third kappa shape index (κ3) is 7.53. The fourth-order valence-electron chi connectivity index (χ4n) is 2.33. The summed E-state index contributed by atoms with van der Waals surface area (Å²) in [7, 11) is 0. The van der Waals surface area contributed by atoms with Gasteiger partial charge >= 0.3 is 17.8 Å². The molecule has 0 aliphatic carbocycles. The summed E-state index contributed by atoms with van der Waals surface area (Å²) < 4.78 is 16.6. The molecular formula is C20H26N4O6. The number of aliphatic imine (C=N–C) groups is 1. The molecule has 162 valence electrons. The van der Waals surface area contributed by atoms with Crippen molar-refractivity contribution in [2.45, 2.75) is 46.1 Å². The third-order valence-electron chi connectivity index (χ3n) is 3.55. The number of carbonyl (C=O) groups is 2. The lowest BCUT2D eigenvalue weighted by Crippen LogP contribution is -2.32. The lowest BCUT2D eigenvalue weighted by molar-refractivity contribution is -0.670. The number of nitrogens with one attached hydrogen (secondary N) is 1. The summed E-state index contributed by atoms with van der Waals surface area (Å²) in [5, 5.41) is 18.1. The molecule has 0 spiro atoms. The molecule has 1 N–H and O–H groups in total. The number of aromatic nitrogens is 2. The Kier molecular flexibility index (Phi) is 7.90. The van der Waals surface area contributed by atoms with Crippen molar-refractivity contribution < 1.29 is 33.4 Å². The van der Waals surface area contributed by atoms with E-state index in [9.17, 15) is 14.7 Å². The first-order valence-electron chi connectivity index (χ1n) is 9.54. The molecule has 1 aromatic carbocycles. The van der Waals surface area contributed by atoms with Crippen LogP contribution in [0.2, 0.25) is 0 Å². The molecule has 0 fully saturated rings. The van der Waals surface area contributed by atoms with Crippen molar-refractivity contribution in [2.24, 2.45) is 4.99 Å². The zero-order chi connectivity index (χ0) is 22.1. The van der Waals surface area contributed by atoms with E-state index in [4.69, 9.17) is 14.0 Å². The van der Waals surface area contributed by atoms with Gasteiger partial charge in [0.05, 0.1) is 18.2 Å². The predicted molar refractivity (Wildman–Crippen MR) is 105 cm³/mol. The first kappa shape index (κ1) is 22.9. The normalized spacial score (nSPS) is 11.8. The van der Waals surface area contributed by atoms with Gasteiger partial charge in [0, 0.05) is 25.1 Å².